The number of allylic oxidation sites excluding steroid dienone is 1. The molecule has 0 bridgehead atoms. The average Bonchev–Trinajstić information content (AvgIpc) is 2.98. The number of hydrogen-bond donors (Lipinski definition) is 1. The summed E-state index contributed by atoms with van der Waals surface area (Å²) in [7, 11) is 0. The van der Waals surface area contributed by atoms with Gasteiger partial charge in [0.1, 0.15) is 6.04 Å². The molecule has 2 heterocycles. The van der Waals surface area contributed by atoms with Crippen LogP contribution in [-0.4, -0.2) is 45.5 Å². The van der Waals surface area contributed by atoms with Crippen molar-refractivity contribution in [3.63, 3.8) is 0 Å². The number of ketones is 1. The number of aromatic nitrogens is 1. The molecular formula is C16H22N2O3. The highest BCUT2D eigenvalue weighted by Crippen LogP contribution is 2.20. The summed E-state index contributed by atoms with van der Waals surface area (Å²) in [6.45, 7) is 9.13. The minimum atomic E-state index is -0.836. The lowest BCUT2D eigenvalue weighted by atomic mass is 10.1. The third kappa shape index (κ3) is 3.08. The molecule has 0 radical (unpaired) electrons. The van der Waals surface area contributed by atoms with Gasteiger partial charge in [0.25, 0.3) is 0 Å². The Kier molecular flexibility index (Phi) is 4.63. The average molecular weight is 290 g/mol. The molecule has 0 amide bonds. The van der Waals surface area contributed by atoms with E-state index in [9.17, 15) is 14.7 Å². The zero-order valence-electron chi connectivity index (χ0n) is 12.6. The van der Waals surface area contributed by atoms with E-state index in [0.717, 1.165) is 17.8 Å². The molecule has 0 aromatic carbocycles. The first-order valence-electron chi connectivity index (χ1n) is 7.23. The summed E-state index contributed by atoms with van der Waals surface area (Å²) < 4.78 is 2.04. The highest BCUT2D eigenvalue weighted by molar-refractivity contribution is 5.99. The van der Waals surface area contributed by atoms with Crippen LogP contribution in [0.2, 0.25) is 0 Å². The number of carboxylic acids is 1. The predicted octanol–water partition coefficient (Wildman–Crippen LogP) is 2.02. The van der Waals surface area contributed by atoms with Gasteiger partial charge in [-0.3, -0.25) is 14.5 Å². The van der Waals surface area contributed by atoms with Crippen molar-refractivity contribution < 1.29 is 14.7 Å². The van der Waals surface area contributed by atoms with E-state index in [4.69, 9.17) is 0 Å². The van der Waals surface area contributed by atoms with Crippen molar-refractivity contribution in [1.82, 2.24) is 9.47 Å². The van der Waals surface area contributed by atoms with Crippen LogP contribution in [0.4, 0.5) is 0 Å². The molecule has 0 aliphatic carbocycles. The molecule has 1 atom stereocenters. The van der Waals surface area contributed by atoms with Gasteiger partial charge >= 0.3 is 5.97 Å². The van der Waals surface area contributed by atoms with E-state index >= 15 is 0 Å². The number of aryl methyl sites for hydroxylation is 1. The molecule has 1 aliphatic rings. The lowest BCUT2D eigenvalue weighted by Gasteiger charge is -2.19. The van der Waals surface area contributed by atoms with Crippen molar-refractivity contribution in [2.24, 2.45) is 0 Å². The quantitative estimate of drug-likeness (QED) is 0.643. The van der Waals surface area contributed by atoms with Crippen LogP contribution in [-0.2, 0) is 11.3 Å². The molecule has 1 aromatic rings. The van der Waals surface area contributed by atoms with E-state index in [2.05, 4.69) is 6.58 Å². The summed E-state index contributed by atoms with van der Waals surface area (Å²) in [5.74, 6) is -0.844. The third-order valence-electron chi connectivity index (χ3n) is 4.18. The van der Waals surface area contributed by atoms with Gasteiger partial charge in [0.15, 0.2) is 5.78 Å². The number of rotatable bonds is 6. The first kappa shape index (κ1) is 15.5. The second kappa shape index (κ2) is 6.26. The minimum Gasteiger partial charge on any atom is -0.480 e. The second-order valence-corrected chi connectivity index (χ2v) is 5.57. The first-order chi connectivity index (χ1) is 9.95. The van der Waals surface area contributed by atoms with Crippen molar-refractivity contribution in [2.75, 3.05) is 13.1 Å². The Hall–Kier alpha value is -1.88. The molecule has 114 valence electrons. The molecule has 5 nitrogen and oxygen atoms in total. The molecule has 0 spiro atoms. The molecule has 1 N–H and O–H groups in total. The van der Waals surface area contributed by atoms with Gasteiger partial charge in [-0.05, 0) is 39.3 Å². The molecule has 1 fully saturated rings. The van der Waals surface area contributed by atoms with Crippen molar-refractivity contribution >= 4 is 11.8 Å². The maximum absolute atomic E-state index is 12.5. The number of aliphatic carboxylic acids is 1. The Bertz CT molecular complexity index is 574. The molecular weight excluding hydrogens is 268 g/mol. The molecule has 21 heavy (non-hydrogen) atoms. The summed E-state index contributed by atoms with van der Waals surface area (Å²) in [6, 6.07) is 1.36. The van der Waals surface area contributed by atoms with E-state index in [0.29, 0.717) is 25.1 Å². The topological polar surface area (TPSA) is 62.5 Å². The number of Topliss-reactive ketones (excluding diaryl/α,β-unsaturated/α-hetero) is 1. The zero-order chi connectivity index (χ0) is 15.6. The van der Waals surface area contributed by atoms with E-state index < -0.39 is 12.0 Å². The molecule has 1 aliphatic heterocycles. The number of nitrogens with zero attached hydrogens (tertiary/aromatic N) is 2. The summed E-state index contributed by atoms with van der Waals surface area (Å²) in [5.41, 5.74) is 2.63. The van der Waals surface area contributed by atoms with Crippen LogP contribution in [0, 0.1) is 13.8 Å². The number of carbonyl (C=O) groups excluding carboxylic acids is 1. The molecule has 1 unspecified atom stereocenters. The van der Waals surface area contributed by atoms with E-state index in [1.807, 2.05) is 24.5 Å². The fourth-order valence-electron chi connectivity index (χ4n) is 3.06. The van der Waals surface area contributed by atoms with E-state index in [1.165, 1.54) is 0 Å². The Labute approximate surface area is 124 Å². The van der Waals surface area contributed by atoms with Crippen LogP contribution >= 0.6 is 0 Å². The van der Waals surface area contributed by atoms with Crippen molar-refractivity contribution in [3.05, 3.63) is 35.7 Å². The molecule has 5 heteroatoms. The van der Waals surface area contributed by atoms with Crippen LogP contribution < -0.4 is 0 Å². The van der Waals surface area contributed by atoms with E-state index in [1.54, 1.807) is 11.0 Å². The van der Waals surface area contributed by atoms with Crippen LogP contribution in [0.3, 0.4) is 0 Å². The number of hydrogen-bond acceptors (Lipinski definition) is 3. The lowest BCUT2D eigenvalue weighted by molar-refractivity contribution is -0.141. The van der Waals surface area contributed by atoms with Gasteiger partial charge in [-0.25, -0.2) is 0 Å². The molecule has 2 rings (SSSR count). The highest BCUT2D eigenvalue weighted by atomic mass is 16.4. The summed E-state index contributed by atoms with van der Waals surface area (Å²) in [5, 5.41) is 9.17. The standard InChI is InChI=1S/C16H22N2O3/c1-4-7-18-11(2)9-13(12(18)3)15(19)10-17-8-5-6-14(17)16(20)21/h4,9,14H,1,5-8,10H2,2-3H3,(H,20,21). The number of carboxylic acid groups (broad SMARTS) is 1. The minimum absolute atomic E-state index is 0.00781. The summed E-state index contributed by atoms with van der Waals surface area (Å²) >= 11 is 0. The normalized spacial score (nSPS) is 18.9. The Balaban J connectivity index is 2.15. The monoisotopic (exact) mass is 290 g/mol. The predicted molar refractivity (Wildman–Crippen MR) is 80.7 cm³/mol. The van der Waals surface area contributed by atoms with Gasteiger partial charge in [-0.2, -0.15) is 0 Å². The van der Waals surface area contributed by atoms with E-state index in [-0.39, 0.29) is 12.3 Å². The Morgan fingerprint density at radius 3 is 2.81 bits per heavy atom. The van der Waals surface area contributed by atoms with Gasteiger partial charge in [0.05, 0.1) is 6.54 Å². The van der Waals surface area contributed by atoms with Crippen LogP contribution in [0.15, 0.2) is 18.7 Å². The van der Waals surface area contributed by atoms with Crippen molar-refractivity contribution in [1.29, 1.82) is 0 Å². The largest absolute Gasteiger partial charge is 0.480 e. The summed E-state index contributed by atoms with van der Waals surface area (Å²) in [6.07, 6.45) is 3.26. The second-order valence-electron chi connectivity index (χ2n) is 5.57. The highest BCUT2D eigenvalue weighted by Gasteiger charge is 2.32. The fourth-order valence-corrected chi connectivity index (χ4v) is 3.06. The van der Waals surface area contributed by atoms with Crippen molar-refractivity contribution in [2.45, 2.75) is 39.3 Å². The van der Waals surface area contributed by atoms with Crippen LogP contribution in [0.25, 0.3) is 0 Å². The smallest absolute Gasteiger partial charge is 0.320 e. The van der Waals surface area contributed by atoms with Gasteiger partial charge in [0, 0.05) is 23.5 Å². The summed E-state index contributed by atoms with van der Waals surface area (Å²) in [4.78, 5) is 25.4. The molecule has 1 saturated heterocycles. The van der Waals surface area contributed by atoms with Gasteiger partial charge in [-0.15, -0.1) is 6.58 Å². The van der Waals surface area contributed by atoms with Gasteiger partial charge < -0.3 is 9.67 Å². The van der Waals surface area contributed by atoms with Crippen LogP contribution in [0.5, 0.6) is 0 Å². The maximum atomic E-state index is 12.5. The number of likely N-dealkylation sites (tertiary alicyclic amines) is 1. The number of carbonyl (C=O) groups is 2. The SMILES string of the molecule is C=CCn1c(C)cc(C(=O)CN2CCCC2C(=O)O)c1C. The van der Waals surface area contributed by atoms with Gasteiger partial charge in [-0.1, -0.05) is 6.08 Å². The van der Waals surface area contributed by atoms with Crippen molar-refractivity contribution in [3.8, 4) is 0 Å². The maximum Gasteiger partial charge on any atom is 0.320 e. The third-order valence-corrected chi connectivity index (χ3v) is 4.18. The Morgan fingerprint density at radius 1 is 1.48 bits per heavy atom. The molecule has 1 aromatic heterocycles. The first-order valence-corrected chi connectivity index (χ1v) is 7.23. The Morgan fingerprint density at radius 2 is 2.19 bits per heavy atom. The van der Waals surface area contributed by atoms with Gasteiger partial charge in [0.2, 0.25) is 0 Å². The fraction of sp³-hybridized carbons (Fsp3) is 0.500. The zero-order valence-corrected chi connectivity index (χ0v) is 12.6. The molecule has 0 saturated carbocycles. The lowest BCUT2D eigenvalue weighted by Crippen LogP contribution is -2.39. The van der Waals surface area contributed by atoms with Crippen LogP contribution in [0.1, 0.15) is 34.6 Å².